The van der Waals surface area contributed by atoms with Crippen molar-refractivity contribution in [2.75, 3.05) is 6.54 Å². The minimum Gasteiger partial charge on any atom is -0.390 e. The summed E-state index contributed by atoms with van der Waals surface area (Å²) in [5.74, 6) is -3.19. The van der Waals surface area contributed by atoms with Crippen LogP contribution in [0.2, 0.25) is 0 Å². The maximum absolute atomic E-state index is 13.7. The van der Waals surface area contributed by atoms with Crippen LogP contribution in [0.25, 0.3) is 0 Å². The standard InChI is InChI=1S/C28H28F3N3O3/c1-2-23(32)28(37)34-15-22(16-3-9-19(29)10-4-16)26(35)25(34)27(36)33-24(17-5-11-20(30)12-6-17)18-7-13-21(31)14-8-18/h3-14,22-26,35H,2,15,32H2,1H3,(H,33,36)/t22-,23+,25+,26-/m1/s1. The van der Waals surface area contributed by atoms with Gasteiger partial charge in [0.1, 0.15) is 23.5 Å². The molecule has 0 bridgehead atoms. The van der Waals surface area contributed by atoms with Crippen LogP contribution in [0.3, 0.4) is 0 Å². The maximum Gasteiger partial charge on any atom is 0.246 e. The summed E-state index contributed by atoms with van der Waals surface area (Å²) in [6.07, 6.45) is -0.977. The van der Waals surface area contributed by atoms with Crippen LogP contribution >= 0.6 is 0 Å². The van der Waals surface area contributed by atoms with E-state index in [9.17, 15) is 27.9 Å². The monoisotopic (exact) mass is 511 g/mol. The van der Waals surface area contributed by atoms with Gasteiger partial charge in [0.05, 0.1) is 18.2 Å². The number of carbonyl (C=O) groups is 2. The number of nitrogens with one attached hydrogen (secondary N) is 1. The second kappa shape index (κ2) is 11.1. The number of hydrogen-bond acceptors (Lipinski definition) is 4. The predicted molar refractivity (Wildman–Crippen MR) is 132 cm³/mol. The van der Waals surface area contributed by atoms with Gasteiger partial charge >= 0.3 is 0 Å². The predicted octanol–water partition coefficient (Wildman–Crippen LogP) is 3.40. The van der Waals surface area contributed by atoms with Crippen LogP contribution in [-0.4, -0.2) is 46.6 Å². The third-order valence-electron chi connectivity index (χ3n) is 6.77. The zero-order valence-corrected chi connectivity index (χ0v) is 20.2. The van der Waals surface area contributed by atoms with E-state index in [1.807, 2.05) is 0 Å². The molecule has 0 unspecified atom stereocenters. The van der Waals surface area contributed by atoms with Crippen LogP contribution in [0, 0.1) is 17.5 Å². The van der Waals surface area contributed by atoms with E-state index in [4.69, 9.17) is 5.73 Å². The molecule has 4 atom stereocenters. The minimum absolute atomic E-state index is 0.00911. The molecule has 4 N–H and O–H groups in total. The van der Waals surface area contributed by atoms with Crippen molar-refractivity contribution >= 4 is 11.8 Å². The molecule has 4 rings (SSSR count). The number of likely N-dealkylation sites (tertiary alicyclic amines) is 1. The number of nitrogens with zero attached hydrogens (tertiary/aromatic N) is 1. The number of aliphatic hydroxyl groups is 1. The number of aliphatic hydroxyl groups excluding tert-OH is 1. The highest BCUT2D eigenvalue weighted by Crippen LogP contribution is 2.34. The van der Waals surface area contributed by atoms with Gasteiger partial charge < -0.3 is 21.1 Å². The fourth-order valence-electron chi connectivity index (χ4n) is 4.66. The summed E-state index contributed by atoms with van der Waals surface area (Å²) in [7, 11) is 0. The van der Waals surface area contributed by atoms with Crippen molar-refractivity contribution < 1.29 is 27.9 Å². The lowest BCUT2D eigenvalue weighted by atomic mass is 9.92. The molecule has 9 heteroatoms. The largest absolute Gasteiger partial charge is 0.390 e. The Morgan fingerprint density at radius 2 is 1.38 bits per heavy atom. The Morgan fingerprint density at radius 1 is 0.919 bits per heavy atom. The Hall–Kier alpha value is -3.69. The molecule has 3 aromatic rings. The first kappa shape index (κ1) is 26.4. The van der Waals surface area contributed by atoms with Crippen LogP contribution in [-0.2, 0) is 9.59 Å². The second-order valence-electron chi connectivity index (χ2n) is 9.14. The lowest BCUT2D eigenvalue weighted by molar-refractivity contribution is -0.141. The average Bonchev–Trinajstić information content (AvgIpc) is 3.25. The fraction of sp³-hybridized carbons (Fsp3) is 0.286. The zero-order chi connectivity index (χ0) is 26.7. The van der Waals surface area contributed by atoms with Gasteiger partial charge in [0.25, 0.3) is 0 Å². The molecule has 1 aliphatic heterocycles. The van der Waals surface area contributed by atoms with Crippen molar-refractivity contribution in [1.29, 1.82) is 0 Å². The number of amides is 2. The SMILES string of the molecule is CC[C@H](N)C(=O)N1C[C@H](c2ccc(F)cc2)[C@@H](O)[C@H]1C(=O)NC(c1ccc(F)cc1)c1ccc(F)cc1. The van der Waals surface area contributed by atoms with E-state index in [2.05, 4.69) is 5.32 Å². The molecular formula is C28H28F3N3O3. The smallest absolute Gasteiger partial charge is 0.246 e. The molecule has 1 fully saturated rings. The third kappa shape index (κ3) is 5.68. The van der Waals surface area contributed by atoms with Crippen LogP contribution < -0.4 is 11.1 Å². The minimum atomic E-state index is -1.31. The summed E-state index contributed by atoms with van der Waals surface area (Å²) in [5, 5.41) is 14.1. The van der Waals surface area contributed by atoms with Gasteiger partial charge in [0, 0.05) is 12.5 Å². The molecule has 0 saturated carbocycles. The summed E-state index contributed by atoms with van der Waals surface area (Å²) in [5.41, 5.74) is 7.61. The number of carbonyl (C=O) groups excluding carboxylic acids is 2. The zero-order valence-electron chi connectivity index (χ0n) is 20.2. The van der Waals surface area contributed by atoms with Crippen molar-refractivity contribution in [2.24, 2.45) is 5.73 Å². The van der Waals surface area contributed by atoms with E-state index in [1.165, 1.54) is 77.7 Å². The Balaban J connectivity index is 1.68. The third-order valence-corrected chi connectivity index (χ3v) is 6.77. The first-order chi connectivity index (χ1) is 17.7. The molecule has 6 nitrogen and oxygen atoms in total. The van der Waals surface area contributed by atoms with Crippen LogP contribution in [0.5, 0.6) is 0 Å². The van der Waals surface area contributed by atoms with Gasteiger partial charge in [-0.05, 0) is 59.5 Å². The molecular weight excluding hydrogens is 483 g/mol. The number of nitrogens with two attached hydrogens (primary N) is 1. The lowest BCUT2D eigenvalue weighted by Crippen LogP contribution is -2.54. The van der Waals surface area contributed by atoms with E-state index in [1.54, 1.807) is 6.92 Å². The van der Waals surface area contributed by atoms with Crippen LogP contribution in [0.15, 0.2) is 72.8 Å². The number of benzene rings is 3. The van der Waals surface area contributed by atoms with Gasteiger partial charge in [-0.15, -0.1) is 0 Å². The van der Waals surface area contributed by atoms with Gasteiger partial charge in [-0.2, -0.15) is 0 Å². The Labute approximate surface area is 212 Å². The van der Waals surface area contributed by atoms with E-state index in [0.717, 1.165) is 0 Å². The first-order valence-corrected chi connectivity index (χ1v) is 12.0. The van der Waals surface area contributed by atoms with E-state index in [-0.39, 0.29) is 6.54 Å². The molecule has 2 amide bonds. The Kier molecular flexibility index (Phi) is 7.94. The maximum atomic E-state index is 13.7. The molecule has 0 spiro atoms. The Bertz CT molecular complexity index is 1190. The van der Waals surface area contributed by atoms with Crippen LogP contribution in [0.1, 0.15) is 42.0 Å². The van der Waals surface area contributed by atoms with Crippen molar-refractivity contribution in [3.63, 3.8) is 0 Å². The molecule has 1 saturated heterocycles. The van der Waals surface area contributed by atoms with E-state index in [0.29, 0.717) is 23.1 Å². The Morgan fingerprint density at radius 3 is 1.84 bits per heavy atom. The summed E-state index contributed by atoms with van der Waals surface area (Å²) in [6.45, 7) is 1.75. The van der Waals surface area contributed by atoms with Gasteiger partial charge in [-0.25, -0.2) is 13.2 Å². The molecule has 0 aromatic heterocycles. The highest BCUT2D eigenvalue weighted by atomic mass is 19.1. The summed E-state index contributed by atoms with van der Waals surface area (Å²) in [4.78, 5) is 28.1. The average molecular weight is 512 g/mol. The summed E-state index contributed by atoms with van der Waals surface area (Å²) in [6, 6.07) is 13.5. The van der Waals surface area contributed by atoms with Crippen molar-refractivity contribution in [3.05, 3.63) is 107 Å². The fourth-order valence-corrected chi connectivity index (χ4v) is 4.66. The van der Waals surface area contributed by atoms with Crippen molar-refractivity contribution in [3.8, 4) is 0 Å². The molecule has 0 radical (unpaired) electrons. The number of halogens is 3. The summed E-state index contributed by atoms with van der Waals surface area (Å²) < 4.78 is 40.7. The number of hydrogen-bond donors (Lipinski definition) is 3. The molecule has 37 heavy (non-hydrogen) atoms. The van der Waals surface area contributed by atoms with Gasteiger partial charge in [-0.3, -0.25) is 9.59 Å². The second-order valence-corrected chi connectivity index (χ2v) is 9.14. The van der Waals surface area contributed by atoms with Crippen molar-refractivity contribution in [1.82, 2.24) is 10.2 Å². The highest BCUT2D eigenvalue weighted by molar-refractivity contribution is 5.91. The molecule has 194 valence electrons. The van der Waals surface area contributed by atoms with Gasteiger partial charge in [0.15, 0.2) is 0 Å². The molecule has 0 aliphatic carbocycles. The molecule has 1 heterocycles. The molecule has 3 aromatic carbocycles. The summed E-state index contributed by atoms with van der Waals surface area (Å²) >= 11 is 0. The van der Waals surface area contributed by atoms with Gasteiger partial charge in [0.2, 0.25) is 11.8 Å². The van der Waals surface area contributed by atoms with Crippen molar-refractivity contribution in [2.45, 2.75) is 43.5 Å². The topological polar surface area (TPSA) is 95.7 Å². The highest BCUT2D eigenvalue weighted by Gasteiger charge is 2.48. The number of rotatable bonds is 7. The lowest BCUT2D eigenvalue weighted by Gasteiger charge is -2.29. The quantitative estimate of drug-likeness (QED) is 0.453. The van der Waals surface area contributed by atoms with Crippen LogP contribution in [0.4, 0.5) is 13.2 Å². The van der Waals surface area contributed by atoms with E-state index < -0.39 is 59.4 Å². The first-order valence-electron chi connectivity index (χ1n) is 12.0. The normalized spacial score (nSPS) is 20.2. The van der Waals surface area contributed by atoms with Gasteiger partial charge in [-0.1, -0.05) is 43.3 Å². The molecule has 1 aliphatic rings. The van der Waals surface area contributed by atoms with E-state index >= 15 is 0 Å².